The van der Waals surface area contributed by atoms with E-state index in [1.165, 1.54) is 25.7 Å². The molecule has 0 radical (unpaired) electrons. The molecule has 1 aromatic carbocycles. The highest BCUT2D eigenvalue weighted by atomic mass is 16.5. The maximum absolute atomic E-state index is 9.54. The Hall–Kier alpha value is -1.46. The quantitative estimate of drug-likeness (QED) is 0.597. The molecule has 0 heterocycles. The second kappa shape index (κ2) is 8.66. The first-order valence-electron chi connectivity index (χ1n) is 7.49. The van der Waals surface area contributed by atoms with Crippen LogP contribution in [0.2, 0.25) is 0 Å². The molecule has 0 spiro atoms. The van der Waals surface area contributed by atoms with Gasteiger partial charge in [0, 0.05) is 5.56 Å². The Morgan fingerprint density at radius 2 is 1.70 bits per heavy atom. The van der Waals surface area contributed by atoms with E-state index in [1.807, 2.05) is 24.3 Å². The summed E-state index contributed by atoms with van der Waals surface area (Å²) in [5, 5.41) is 9.54. The first-order valence-corrected chi connectivity index (χ1v) is 7.49. The van der Waals surface area contributed by atoms with E-state index in [4.69, 9.17) is 4.74 Å². The molecular weight excluding hydrogens is 248 g/mol. The number of hydrogen-bond acceptors (Lipinski definition) is 2. The van der Waals surface area contributed by atoms with Crippen molar-refractivity contribution in [1.29, 1.82) is 0 Å². The summed E-state index contributed by atoms with van der Waals surface area (Å²) >= 11 is 0. The Morgan fingerprint density at radius 3 is 2.30 bits per heavy atom. The summed E-state index contributed by atoms with van der Waals surface area (Å²) in [5.74, 6) is 6.62. The molecule has 0 aromatic heterocycles. The maximum atomic E-state index is 9.54. The lowest BCUT2D eigenvalue weighted by Crippen LogP contribution is -2.14. The summed E-state index contributed by atoms with van der Waals surface area (Å²) in [4.78, 5) is 0. The normalized spacial score (nSPS) is 10.8. The van der Waals surface area contributed by atoms with Crippen LogP contribution in [0.1, 0.15) is 58.4 Å². The predicted molar refractivity (Wildman–Crippen MR) is 83.9 cm³/mol. The van der Waals surface area contributed by atoms with Crippen LogP contribution in [0.25, 0.3) is 0 Å². The molecule has 0 unspecified atom stereocenters. The first kappa shape index (κ1) is 16.6. The van der Waals surface area contributed by atoms with Crippen LogP contribution in [0.3, 0.4) is 0 Å². The summed E-state index contributed by atoms with van der Waals surface area (Å²) in [6, 6.07) is 7.71. The minimum Gasteiger partial charge on any atom is -0.494 e. The van der Waals surface area contributed by atoms with E-state index in [1.54, 1.807) is 13.8 Å². The standard InChI is InChI=1S/C18H26O2/c1-4-5-6-7-8-15-20-17-11-9-16(10-12-17)13-14-18(2,3)19/h9-12,19H,4-8,15H2,1-3H3. The third-order valence-corrected chi connectivity index (χ3v) is 2.88. The highest BCUT2D eigenvalue weighted by Gasteiger charge is 2.05. The number of benzene rings is 1. The van der Waals surface area contributed by atoms with E-state index >= 15 is 0 Å². The summed E-state index contributed by atoms with van der Waals surface area (Å²) in [5.41, 5.74) is -0.0596. The average Bonchev–Trinajstić information content (AvgIpc) is 2.41. The molecule has 20 heavy (non-hydrogen) atoms. The van der Waals surface area contributed by atoms with Gasteiger partial charge in [0.05, 0.1) is 6.61 Å². The minimum absolute atomic E-state index is 0.776. The van der Waals surface area contributed by atoms with E-state index in [0.29, 0.717) is 0 Å². The van der Waals surface area contributed by atoms with Gasteiger partial charge in [0.25, 0.3) is 0 Å². The van der Waals surface area contributed by atoms with E-state index in [9.17, 15) is 5.11 Å². The SMILES string of the molecule is CCCCCCCOc1ccc(C#CC(C)(C)O)cc1. The van der Waals surface area contributed by atoms with E-state index in [-0.39, 0.29) is 0 Å². The van der Waals surface area contributed by atoms with Gasteiger partial charge in [0.2, 0.25) is 0 Å². The third-order valence-electron chi connectivity index (χ3n) is 2.88. The van der Waals surface area contributed by atoms with Gasteiger partial charge >= 0.3 is 0 Å². The molecule has 110 valence electrons. The van der Waals surface area contributed by atoms with E-state index < -0.39 is 5.60 Å². The van der Waals surface area contributed by atoms with E-state index in [2.05, 4.69) is 18.8 Å². The van der Waals surface area contributed by atoms with Gasteiger partial charge in [-0.2, -0.15) is 0 Å². The molecule has 0 aliphatic heterocycles. The number of rotatable bonds is 7. The van der Waals surface area contributed by atoms with Gasteiger partial charge in [0.15, 0.2) is 0 Å². The van der Waals surface area contributed by atoms with Gasteiger partial charge in [-0.1, -0.05) is 44.4 Å². The molecule has 2 nitrogen and oxygen atoms in total. The van der Waals surface area contributed by atoms with Crippen LogP contribution in [0.5, 0.6) is 5.75 Å². The van der Waals surface area contributed by atoms with Crippen molar-refractivity contribution in [2.24, 2.45) is 0 Å². The van der Waals surface area contributed by atoms with Crippen LogP contribution in [-0.2, 0) is 0 Å². The maximum Gasteiger partial charge on any atom is 0.120 e. The van der Waals surface area contributed by atoms with Crippen LogP contribution in [0, 0.1) is 11.8 Å². The molecule has 0 saturated carbocycles. The van der Waals surface area contributed by atoms with Gasteiger partial charge < -0.3 is 9.84 Å². The average molecular weight is 274 g/mol. The van der Waals surface area contributed by atoms with Crippen molar-refractivity contribution >= 4 is 0 Å². The Bertz CT molecular complexity index is 429. The number of aliphatic hydroxyl groups is 1. The zero-order chi connectivity index (χ0) is 14.8. The second-order valence-corrected chi connectivity index (χ2v) is 5.60. The molecule has 1 N–H and O–H groups in total. The highest BCUT2D eigenvalue weighted by Crippen LogP contribution is 2.13. The third kappa shape index (κ3) is 7.86. The fraction of sp³-hybridized carbons (Fsp3) is 0.556. The van der Waals surface area contributed by atoms with Crippen LogP contribution in [0.4, 0.5) is 0 Å². The summed E-state index contributed by atoms with van der Waals surface area (Å²) in [6.07, 6.45) is 6.23. The van der Waals surface area contributed by atoms with Gasteiger partial charge in [-0.05, 0) is 44.5 Å². The smallest absolute Gasteiger partial charge is 0.120 e. The molecule has 0 bridgehead atoms. The van der Waals surface area contributed by atoms with Crippen LogP contribution >= 0.6 is 0 Å². The fourth-order valence-corrected chi connectivity index (χ4v) is 1.76. The molecule has 1 aromatic rings. The number of unbranched alkanes of at least 4 members (excludes halogenated alkanes) is 4. The van der Waals surface area contributed by atoms with Crippen molar-refractivity contribution in [1.82, 2.24) is 0 Å². The van der Waals surface area contributed by atoms with Gasteiger partial charge in [0.1, 0.15) is 11.4 Å². The highest BCUT2D eigenvalue weighted by molar-refractivity contribution is 5.39. The van der Waals surface area contributed by atoms with Crippen molar-refractivity contribution in [3.8, 4) is 17.6 Å². The fourth-order valence-electron chi connectivity index (χ4n) is 1.76. The Kier molecular flexibility index (Phi) is 7.18. The molecule has 1 rings (SSSR count). The van der Waals surface area contributed by atoms with Crippen molar-refractivity contribution < 1.29 is 9.84 Å². The van der Waals surface area contributed by atoms with Crippen LogP contribution in [-0.4, -0.2) is 17.3 Å². The lowest BCUT2D eigenvalue weighted by Gasteiger charge is -2.07. The minimum atomic E-state index is -0.951. The Morgan fingerprint density at radius 1 is 1.05 bits per heavy atom. The van der Waals surface area contributed by atoms with Crippen molar-refractivity contribution in [3.63, 3.8) is 0 Å². The lowest BCUT2D eigenvalue weighted by atomic mass is 10.1. The van der Waals surface area contributed by atoms with Crippen LogP contribution in [0.15, 0.2) is 24.3 Å². The number of ether oxygens (including phenoxy) is 1. The molecule has 0 fully saturated rings. The molecular formula is C18H26O2. The summed E-state index contributed by atoms with van der Waals surface area (Å²) < 4.78 is 5.69. The zero-order valence-electron chi connectivity index (χ0n) is 12.9. The van der Waals surface area contributed by atoms with E-state index in [0.717, 1.165) is 24.3 Å². The van der Waals surface area contributed by atoms with Crippen molar-refractivity contribution in [3.05, 3.63) is 29.8 Å². The van der Waals surface area contributed by atoms with Gasteiger partial charge in [-0.15, -0.1) is 0 Å². The lowest BCUT2D eigenvalue weighted by molar-refractivity contribution is 0.143. The van der Waals surface area contributed by atoms with Gasteiger partial charge in [-0.25, -0.2) is 0 Å². The summed E-state index contributed by atoms with van der Waals surface area (Å²) in [7, 11) is 0. The predicted octanol–water partition coefficient (Wildman–Crippen LogP) is 4.16. The largest absolute Gasteiger partial charge is 0.494 e. The Balaban J connectivity index is 2.33. The second-order valence-electron chi connectivity index (χ2n) is 5.60. The molecule has 0 saturated heterocycles. The molecule has 0 atom stereocenters. The first-order chi connectivity index (χ1) is 9.51. The monoisotopic (exact) mass is 274 g/mol. The molecule has 0 aliphatic rings. The van der Waals surface area contributed by atoms with Crippen molar-refractivity contribution in [2.45, 2.75) is 58.5 Å². The van der Waals surface area contributed by atoms with Gasteiger partial charge in [-0.3, -0.25) is 0 Å². The zero-order valence-corrected chi connectivity index (χ0v) is 12.9. The summed E-state index contributed by atoms with van der Waals surface area (Å²) in [6.45, 7) is 6.35. The molecule has 0 aliphatic carbocycles. The molecule has 2 heteroatoms. The van der Waals surface area contributed by atoms with Crippen LogP contribution < -0.4 is 4.74 Å². The number of hydrogen-bond donors (Lipinski definition) is 1. The molecule has 0 amide bonds. The van der Waals surface area contributed by atoms with Crippen molar-refractivity contribution in [2.75, 3.05) is 6.61 Å². The topological polar surface area (TPSA) is 29.5 Å². The Labute approximate surface area is 123 Å².